The first-order valence-electron chi connectivity index (χ1n) is 3.06. The standard InChI is InChI=1S/C6H4ClF3N2O/c7-3-1-2-12-5(11)4(3)13-6(8,9)10/h1-2H,(H2,11,12). The normalized spacial score (nSPS) is 11.4. The minimum absolute atomic E-state index is 0.232. The van der Waals surface area contributed by atoms with E-state index in [0.717, 1.165) is 6.07 Å². The van der Waals surface area contributed by atoms with Crippen LogP contribution in [0.5, 0.6) is 5.75 Å². The van der Waals surface area contributed by atoms with Gasteiger partial charge in [0.15, 0.2) is 11.6 Å². The first-order chi connectivity index (χ1) is 5.90. The van der Waals surface area contributed by atoms with Crippen LogP contribution < -0.4 is 10.5 Å². The molecule has 0 saturated heterocycles. The summed E-state index contributed by atoms with van der Waals surface area (Å²) in [7, 11) is 0. The largest absolute Gasteiger partial charge is 0.573 e. The van der Waals surface area contributed by atoms with E-state index in [4.69, 9.17) is 17.3 Å². The second kappa shape index (κ2) is 3.29. The van der Waals surface area contributed by atoms with Gasteiger partial charge in [0.2, 0.25) is 0 Å². The molecule has 0 fully saturated rings. The van der Waals surface area contributed by atoms with Gasteiger partial charge in [-0.3, -0.25) is 0 Å². The predicted molar refractivity (Wildman–Crippen MR) is 40.3 cm³/mol. The average molecular weight is 213 g/mol. The van der Waals surface area contributed by atoms with Crippen LogP contribution in [0.15, 0.2) is 12.3 Å². The maximum absolute atomic E-state index is 11.7. The van der Waals surface area contributed by atoms with Gasteiger partial charge in [-0.25, -0.2) is 4.98 Å². The van der Waals surface area contributed by atoms with Crippen molar-refractivity contribution < 1.29 is 17.9 Å². The van der Waals surface area contributed by atoms with E-state index in [1.54, 1.807) is 0 Å². The summed E-state index contributed by atoms with van der Waals surface area (Å²) in [6.07, 6.45) is -3.64. The predicted octanol–water partition coefficient (Wildman–Crippen LogP) is 2.22. The zero-order valence-electron chi connectivity index (χ0n) is 6.10. The van der Waals surface area contributed by atoms with Gasteiger partial charge >= 0.3 is 6.36 Å². The average Bonchev–Trinajstić information content (AvgIpc) is 1.95. The van der Waals surface area contributed by atoms with Crippen molar-refractivity contribution in [2.45, 2.75) is 6.36 Å². The number of anilines is 1. The van der Waals surface area contributed by atoms with Crippen molar-refractivity contribution in [1.82, 2.24) is 4.98 Å². The molecule has 1 heterocycles. The third-order valence-electron chi connectivity index (χ3n) is 1.10. The topological polar surface area (TPSA) is 48.1 Å². The van der Waals surface area contributed by atoms with Crippen LogP contribution in [0.2, 0.25) is 5.02 Å². The van der Waals surface area contributed by atoms with E-state index < -0.39 is 17.9 Å². The number of ether oxygens (including phenoxy) is 1. The Morgan fingerprint density at radius 3 is 2.54 bits per heavy atom. The molecule has 0 aliphatic carbocycles. The van der Waals surface area contributed by atoms with E-state index in [1.165, 1.54) is 6.20 Å². The first-order valence-corrected chi connectivity index (χ1v) is 3.43. The fourth-order valence-electron chi connectivity index (χ4n) is 0.656. The van der Waals surface area contributed by atoms with Gasteiger partial charge in [-0.1, -0.05) is 11.6 Å². The molecule has 1 aromatic heterocycles. The summed E-state index contributed by atoms with van der Waals surface area (Å²) in [4.78, 5) is 3.39. The fourth-order valence-corrected chi connectivity index (χ4v) is 0.848. The number of hydrogen-bond acceptors (Lipinski definition) is 3. The zero-order chi connectivity index (χ0) is 10.1. The van der Waals surface area contributed by atoms with Crippen LogP contribution in [0.25, 0.3) is 0 Å². The molecule has 0 aliphatic heterocycles. The maximum atomic E-state index is 11.7. The Balaban J connectivity index is 3.00. The summed E-state index contributed by atoms with van der Waals surface area (Å²) in [6.45, 7) is 0. The van der Waals surface area contributed by atoms with Gasteiger partial charge in [-0.15, -0.1) is 13.2 Å². The van der Waals surface area contributed by atoms with Crippen molar-refractivity contribution in [3.8, 4) is 5.75 Å². The van der Waals surface area contributed by atoms with Crippen molar-refractivity contribution in [3.05, 3.63) is 17.3 Å². The number of halogens is 4. The molecule has 7 heteroatoms. The lowest BCUT2D eigenvalue weighted by atomic mass is 10.4. The third kappa shape index (κ3) is 2.66. The quantitative estimate of drug-likeness (QED) is 0.777. The van der Waals surface area contributed by atoms with Crippen LogP contribution in [0.4, 0.5) is 19.0 Å². The van der Waals surface area contributed by atoms with Crippen LogP contribution in [-0.4, -0.2) is 11.3 Å². The molecule has 0 spiro atoms. The highest BCUT2D eigenvalue weighted by atomic mass is 35.5. The zero-order valence-corrected chi connectivity index (χ0v) is 6.86. The summed E-state index contributed by atoms with van der Waals surface area (Å²) >= 11 is 5.39. The number of alkyl halides is 3. The highest BCUT2D eigenvalue weighted by Crippen LogP contribution is 2.33. The van der Waals surface area contributed by atoms with E-state index in [-0.39, 0.29) is 5.02 Å². The Hall–Kier alpha value is -1.17. The molecule has 2 N–H and O–H groups in total. The van der Waals surface area contributed by atoms with E-state index in [1.807, 2.05) is 0 Å². The molecule has 0 aromatic carbocycles. The molecule has 0 amide bonds. The lowest BCUT2D eigenvalue weighted by Gasteiger charge is -2.10. The molecule has 1 aromatic rings. The van der Waals surface area contributed by atoms with Crippen molar-refractivity contribution >= 4 is 17.4 Å². The van der Waals surface area contributed by atoms with Crippen molar-refractivity contribution in [2.24, 2.45) is 0 Å². The van der Waals surface area contributed by atoms with Crippen molar-refractivity contribution in [2.75, 3.05) is 5.73 Å². The molecule has 13 heavy (non-hydrogen) atoms. The fraction of sp³-hybridized carbons (Fsp3) is 0.167. The van der Waals surface area contributed by atoms with Crippen LogP contribution in [0.3, 0.4) is 0 Å². The van der Waals surface area contributed by atoms with Gasteiger partial charge < -0.3 is 10.5 Å². The van der Waals surface area contributed by atoms with Gasteiger partial charge in [0.25, 0.3) is 0 Å². The summed E-state index contributed by atoms with van der Waals surface area (Å²) in [6, 6.07) is 1.15. The number of nitrogen functional groups attached to an aromatic ring is 1. The van der Waals surface area contributed by atoms with E-state index in [0.29, 0.717) is 0 Å². The van der Waals surface area contributed by atoms with Gasteiger partial charge in [0.05, 0.1) is 5.02 Å². The molecule has 0 atom stereocenters. The van der Waals surface area contributed by atoms with E-state index in [9.17, 15) is 13.2 Å². The first kappa shape index (κ1) is 9.91. The highest BCUT2D eigenvalue weighted by molar-refractivity contribution is 6.32. The Labute approximate surface area is 76.3 Å². The monoisotopic (exact) mass is 212 g/mol. The number of nitrogens with zero attached hydrogens (tertiary/aromatic N) is 1. The number of nitrogens with two attached hydrogens (primary N) is 1. The Kier molecular flexibility index (Phi) is 2.51. The van der Waals surface area contributed by atoms with Gasteiger partial charge in [-0.2, -0.15) is 0 Å². The molecular weight excluding hydrogens is 209 g/mol. The van der Waals surface area contributed by atoms with E-state index >= 15 is 0 Å². The van der Waals surface area contributed by atoms with Gasteiger partial charge in [-0.05, 0) is 6.07 Å². The van der Waals surface area contributed by atoms with Crippen molar-refractivity contribution in [3.63, 3.8) is 0 Å². The van der Waals surface area contributed by atoms with Crippen LogP contribution in [-0.2, 0) is 0 Å². The lowest BCUT2D eigenvalue weighted by Crippen LogP contribution is -2.18. The maximum Gasteiger partial charge on any atom is 0.573 e. The number of pyridine rings is 1. The molecule has 1 rings (SSSR count). The Morgan fingerprint density at radius 1 is 1.46 bits per heavy atom. The lowest BCUT2D eigenvalue weighted by molar-refractivity contribution is -0.274. The number of hydrogen-bond donors (Lipinski definition) is 1. The van der Waals surface area contributed by atoms with Crippen LogP contribution in [0.1, 0.15) is 0 Å². The molecule has 0 bridgehead atoms. The summed E-state index contributed by atoms with van der Waals surface area (Å²) in [5, 5.41) is -0.232. The van der Waals surface area contributed by atoms with Crippen LogP contribution >= 0.6 is 11.6 Å². The molecule has 72 valence electrons. The molecule has 0 unspecified atom stereocenters. The summed E-state index contributed by atoms with van der Waals surface area (Å²) in [5.74, 6) is -1.07. The smallest absolute Gasteiger partial charge is 0.400 e. The van der Waals surface area contributed by atoms with Gasteiger partial charge in [0.1, 0.15) is 0 Å². The van der Waals surface area contributed by atoms with E-state index in [2.05, 4.69) is 9.72 Å². The number of aromatic nitrogens is 1. The minimum atomic E-state index is -4.82. The molecule has 0 saturated carbocycles. The Bertz CT molecular complexity index is 295. The van der Waals surface area contributed by atoms with Crippen molar-refractivity contribution in [1.29, 1.82) is 0 Å². The third-order valence-corrected chi connectivity index (χ3v) is 1.40. The molecular formula is C6H4ClF3N2O. The minimum Gasteiger partial charge on any atom is -0.400 e. The Morgan fingerprint density at radius 2 is 2.08 bits per heavy atom. The molecule has 0 aliphatic rings. The van der Waals surface area contributed by atoms with Gasteiger partial charge in [0, 0.05) is 6.20 Å². The summed E-state index contributed by atoms with van der Waals surface area (Å²) < 4.78 is 38.8. The summed E-state index contributed by atoms with van der Waals surface area (Å²) in [5.41, 5.74) is 5.11. The van der Waals surface area contributed by atoms with Crippen LogP contribution in [0, 0.1) is 0 Å². The molecule has 0 radical (unpaired) electrons. The second-order valence-electron chi connectivity index (χ2n) is 2.05. The molecule has 3 nitrogen and oxygen atoms in total. The highest BCUT2D eigenvalue weighted by Gasteiger charge is 2.33. The number of rotatable bonds is 1. The second-order valence-corrected chi connectivity index (χ2v) is 2.46. The SMILES string of the molecule is Nc1nccc(Cl)c1OC(F)(F)F.